The van der Waals surface area contributed by atoms with Gasteiger partial charge in [-0.1, -0.05) is 141 Å². The third-order valence-electron chi connectivity index (χ3n) is 14.2. The van der Waals surface area contributed by atoms with Crippen molar-refractivity contribution in [3.05, 3.63) is 218 Å². The summed E-state index contributed by atoms with van der Waals surface area (Å²) in [5, 5.41) is 2.20. The predicted molar refractivity (Wildman–Crippen MR) is 290 cm³/mol. The van der Waals surface area contributed by atoms with Crippen LogP contribution in [0.25, 0.3) is 72.0 Å². The summed E-state index contributed by atoms with van der Waals surface area (Å²) in [5.41, 5.74) is 17.1. The summed E-state index contributed by atoms with van der Waals surface area (Å²) in [6.07, 6.45) is 5.21. The number of nitrogens with zero attached hydrogens (tertiary/aromatic N) is 6. The van der Waals surface area contributed by atoms with Crippen molar-refractivity contribution in [3.8, 4) is 50.7 Å². The molecule has 7 nitrogen and oxygen atoms in total. The van der Waals surface area contributed by atoms with Crippen LogP contribution in [0, 0.1) is 25.7 Å². The number of aryl methyl sites for hydroxylation is 3. The zero-order chi connectivity index (χ0) is 47.8. The van der Waals surface area contributed by atoms with E-state index in [-0.39, 0.29) is 26.5 Å². The van der Waals surface area contributed by atoms with Crippen molar-refractivity contribution >= 4 is 55.6 Å². The quantitative estimate of drug-likeness (QED) is 0.142. The van der Waals surface area contributed by atoms with E-state index in [4.69, 9.17) is 14.7 Å². The van der Waals surface area contributed by atoms with E-state index in [1.54, 1.807) is 0 Å². The van der Waals surface area contributed by atoms with Gasteiger partial charge in [0.1, 0.15) is 11.6 Å². The molecule has 0 N–H and O–H groups in total. The molecule has 356 valence electrons. The Hall–Kier alpha value is -7.73. The molecule has 11 aromatic rings. The van der Waals surface area contributed by atoms with Gasteiger partial charge in [-0.3, -0.25) is 0 Å². The van der Waals surface area contributed by atoms with Gasteiger partial charge in [0.25, 0.3) is 0 Å². The van der Waals surface area contributed by atoms with Crippen molar-refractivity contribution in [3.63, 3.8) is 0 Å². The summed E-state index contributed by atoms with van der Waals surface area (Å²) in [6.45, 7) is 12.0. The first-order valence-corrected chi connectivity index (χ1v) is 24.7. The molecule has 3 aromatic heterocycles. The summed E-state index contributed by atoms with van der Waals surface area (Å²) >= 11 is 0. The van der Waals surface area contributed by atoms with Crippen molar-refractivity contribution < 1.29 is 25.8 Å². The molecule has 8 heteroatoms. The molecule has 0 saturated carbocycles. The topological polar surface area (TPSA) is 51.4 Å². The van der Waals surface area contributed by atoms with Crippen molar-refractivity contribution in [2.45, 2.75) is 58.9 Å². The molecule has 8 aromatic carbocycles. The minimum atomic E-state index is -0.0545. The number of pyridine rings is 1. The first kappa shape index (κ1) is 45.4. The molecule has 0 unspecified atom stereocenters. The first-order valence-electron chi connectivity index (χ1n) is 24.7. The summed E-state index contributed by atoms with van der Waals surface area (Å²) in [4.78, 5) is 14.7. The van der Waals surface area contributed by atoms with Crippen molar-refractivity contribution in [1.82, 2.24) is 19.1 Å². The summed E-state index contributed by atoms with van der Waals surface area (Å²) in [7, 11) is 0. The zero-order valence-corrected chi connectivity index (χ0v) is 42.9. The van der Waals surface area contributed by atoms with Gasteiger partial charge < -0.3 is 23.7 Å². The molecule has 0 spiro atoms. The molecular formula is C64H51N6OPt-3. The van der Waals surface area contributed by atoms with Crippen LogP contribution >= 0.6 is 0 Å². The Balaban J connectivity index is 0.00000530. The Kier molecular flexibility index (Phi) is 11.4. The molecule has 5 heterocycles. The number of para-hydroxylation sites is 1. The van der Waals surface area contributed by atoms with Gasteiger partial charge in [0.2, 0.25) is 0 Å². The molecule has 72 heavy (non-hydrogen) atoms. The van der Waals surface area contributed by atoms with Gasteiger partial charge in [-0.05, 0) is 106 Å². The fourth-order valence-corrected chi connectivity index (χ4v) is 10.7. The van der Waals surface area contributed by atoms with E-state index in [2.05, 4.69) is 235 Å². The average molecular weight is 1120 g/mol. The number of benzene rings is 8. The first-order chi connectivity index (χ1) is 34.7. The summed E-state index contributed by atoms with van der Waals surface area (Å²) in [5.74, 6) is 3.14. The molecule has 2 aliphatic heterocycles. The molecule has 0 saturated heterocycles. The van der Waals surface area contributed by atoms with Crippen molar-refractivity contribution in [1.29, 1.82) is 0 Å². The molecule has 13 rings (SSSR count). The van der Waals surface area contributed by atoms with E-state index in [9.17, 15) is 0 Å². The SMILES string of the molecule is Cc1ccc(N2[CH-]N(c3[c-]c(Oc4[c-]c5c(cc4)c4ccccc4n5-c4cc(C(C)(C)C)ccn4)cc(-c4c(-c5ccccc5)cccc4-c4ccccc4)c3)c3cc4nc5n(c4cc32)CCCC5)cc1.[Pt]. The largest absolute Gasteiger partial charge is 0.509 e. The van der Waals surface area contributed by atoms with E-state index < -0.39 is 0 Å². The second-order valence-electron chi connectivity index (χ2n) is 19.9. The molecule has 0 atom stereocenters. The maximum atomic E-state index is 7.13. The van der Waals surface area contributed by atoms with Gasteiger partial charge >= 0.3 is 0 Å². The molecule has 0 radical (unpaired) electrons. The number of hydrogen-bond acceptors (Lipinski definition) is 5. The van der Waals surface area contributed by atoms with Crippen LogP contribution < -0.4 is 14.5 Å². The van der Waals surface area contributed by atoms with Crippen molar-refractivity contribution in [2.75, 3.05) is 9.80 Å². The number of aromatic nitrogens is 4. The van der Waals surface area contributed by atoms with Crippen LogP contribution in [0.3, 0.4) is 0 Å². The number of anilines is 4. The Bertz CT molecular complexity index is 3780. The van der Waals surface area contributed by atoms with Gasteiger partial charge in [-0.25, -0.2) is 9.97 Å². The van der Waals surface area contributed by atoms with Gasteiger partial charge in [0.05, 0.1) is 11.0 Å². The Morgan fingerprint density at radius 3 is 2.08 bits per heavy atom. The third kappa shape index (κ3) is 7.97. The minimum absolute atomic E-state index is 0. The van der Waals surface area contributed by atoms with Gasteiger partial charge in [0.15, 0.2) is 0 Å². The van der Waals surface area contributed by atoms with Gasteiger partial charge in [0, 0.05) is 74.3 Å². The second-order valence-corrected chi connectivity index (χ2v) is 19.9. The monoisotopic (exact) mass is 1110 g/mol. The van der Waals surface area contributed by atoms with E-state index in [1.807, 2.05) is 12.3 Å². The molecule has 2 aliphatic rings. The molecule has 0 amide bonds. The molecule has 0 aliphatic carbocycles. The number of imidazole rings is 1. The number of fused-ring (bicyclic) bond motifs is 7. The number of rotatable bonds is 8. The van der Waals surface area contributed by atoms with Crippen LogP contribution in [-0.2, 0) is 39.4 Å². The molecule has 0 bridgehead atoms. The maximum absolute atomic E-state index is 7.13. The van der Waals surface area contributed by atoms with Crippen LogP contribution in [0.2, 0.25) is 0 Å². The van der Waals surface area contributed by atoms with Crippen LogP contribution in [-0.4, -0.2) is 19.1 Å². The van der Waals surface area contributed by atoms with E-state index in [0.29, 0.717) is 11.5 Å². The van der Waals surface area contributed by atoms with Crippen LogP contribution in [0.4, 0.5) is 22.7 Å². The predicted octanol–water partition coefficient (Wildman–Crippen LogP) is 16.3. The Labute approximate surface area is 435 Å². The zero-order valence-electron chi connectivity index (χ0n) is 40.6. The number of ether oxygens (including phenoxy) is 1. The second kappa shape index (κ2) is 18.1. The standard InChI is InChI=1S/C64H51N6O.Pt/c1-42-25-27-47(28-26-42)68-41-69(59-39-55-58(40-60(59)68)67-33-14-13-24-61(67)66-55)48-34-45(63-51(43-16-7-5-8-17-43)21-15-22-52(63)44-18-9-6-10-19-44)35-50(37-48)71-49-29-30-54-53-20-11-12-23-56(53)70(57(54)38-49)62-36-46(31-32-65-62)64(2,3)4;/h5-12,15-23,25-32,34-36,39-41H,13-14,24,33H2,1-4H3;/q-3;. The Morgan fingerprint density at radius 1 is 0.611 bits per heavy atom. The molecule has 0 fully saturated rings. The smallest absolute Gasteiger partial charge is 0.135 e. The van der Waals surface area contributed by atoms with Crippen molar-refractivity contribution in [2.24, 2.45) is 0 Å². The normalized spacial score (nSPS) is 13.4. The van der Waals surface area contributed by atoms with Gasteiger partial charge in [-0.15, -0.1) is 53.6 Å². The maximum Gasteiger partial charge on any atom is 0.135 e. The Morgan fingerprint density at radius 2 is 1.33 bits per heavy atom. The van der Waals surface area contributed by atoms with Gasteiger partial charge in [-0.2, -0.15) is 6.07 Å². The van der Waals surface area contributed by atoms with E-state index in [0.717, 1.165) is 121 Å². The van der Waals surface area contributed by atoms with E-state index in [1.165, 1.54) is 16.6 Å². The van der Waals surface area contributed by atoms with E-state index >= 15 is 0 Å². The van der Waals surface area contributed by atoms with Crippen LogP contribution in [0.1, 0.15) is 50.6 Å². The number of hydrogen-bond donors (Lipinski definition) is 0. The fraction of sp³-hybridized carbons (Fsp3) is 0.141. The minimum Gasteiger partial charge on any atom is -0.509 e. The third-order valence-corrected chi connectivity index (χ3v) is 14.2. The average Bonchev–Trinajstić information content (AvgIpc) is 4.07. The van der Waals surface area contributed by atoms with Crippen LogP contribution in [0.15, 0.2) is 182 Å². The summed E-state index contributed by atoms with van der Waals surface area (Å²) < 4.78 is 11.8. The fourth-order valence-electron chi connectivity index (χ4n) is 10.7. The van der Waals surface area contributed by atoms with Crippen LogP contribution in [0.5, 0.6) is 11.5 Å². The summed E-state index contributed by atoms with van der Waals surface area (Å²) in [6, 6.07) is 70.3. The molecular weight excluding hydrogens is 1060 g/mol.